The molecule has 120 valence electrons. The summed E-state index contributed by atoms with van der Waals surface area (Å²) in [6.07, 6.45) is 0.0936. The Kier molecular flexibility index (Phi) is 4.85. The van der Waals surface area contributed by atoms with Crippen molar-refractivity contribution < 1.29 is 18.0 Å². The lowest BCUT2D eigenvalue weighted by atomic mass is 10.1. The average molecular weight is 324 g/mol. The number of sulfone groups is 1. The maximum absolute atomic E-state index is 11.9. The molecular weight excluding hydrogens is 304 g/mol. The lowest BCUT2D eigenvalue weighted by molar-refractivity contribution is -0.127. The zero-order valence-corrected chi connectivity index (χ0v) is 13.5. The molecule has 1 heterocycles. The van der Waals surface area contributed by atoms with Gasteiger partial charge < -0.3 is 10.6 Å². The third-order valence-electron chi connectivity index (χ3n) is 3.42. The highest BCUT2D eigenvalue weighted by atomic mass is 32.2. The summed E-state index contributed by atoms with van der Waals surface area (Å²) in [4.78, 5) is 23.6. The summed E-state index contributed by atoms with van der Waals surface area (Å²) in [7, 11) is -3.04. The Bertz CT molecular complexity index is 677. The normalized spacial score (nSPS) is 19.6. The number of carbonyl (C=O) groups excluding carboxylic acids is 2. The number of hydrogen-bond donors (Lipinski definition) is 2. The van der Waals surface area contributed by atoms with Crippen LogP contribution in [-0.2, 0) is 19.4 Å². The van der Waals surface area contributed by atoms with E-state index < -0.39 is 21.7 Å². The van der Waals surface area contributed by atoms with Crippen molar-refractivity contribution in [3.05, 3.63) is 29.3 Å². The number of hydrogen-bond acceptors (Lipinski definition) is 4. The van der Waals surface area contributed by atoms with Crippen LogP contribution >= 0.6 is 0 Å². The molecule has 1 atom stereocenters. The summed E-state index contributed by atoms with van der Waals surface area (Å²) >= 11 is 0. The highest BCUT2D eigenvalue weighted by molar-refractivity contribution is 7.91. The topological polar surface area (TPSA) is 92.3 Å². The summed E-state index contributed by atoms with van der Waals surface area (Å²) in [5.41, 5.74) is 2.70. The van der Waals surface area contributed by atoms with Gasteiger partial charge in [-0.1, -0.05) is 6.07 Å². The highest BCUT2D eigenvalue weighted by Gasteiger charge is 2.29. The molecule has 0 saturated carbocycles. The van der Waals surface area contributed by atoms with Gasteiger partial charge in [-0.15, -0.1) is 0 Å². The van der Waals surface area contributed by atoms with E-state index in [9.17, 15) is 18.0 Å². The van der Waals surface area contributed by atoms with Crippen LogP contribution in [0.4, 0.5) is 5.69 Å². The smallest absolute Gasteiger partial charge is 0.233 e. The monoisotopic (exact) mass is 324 g/mol. The predicted octanol–water partition coefficient (Wildman–Crippen LogP) is 0.935. The number of benzene rings is 1. The molecule has 0 bridgehead atoms. The standard InChI is InChI=1S/C15H20N2O4S/c1-10-5-11(2)7-13(6-10)17-15(19)8-14(18)16-12-3-4-22(20,21)9-12/h5-7,12H,3-4,8-9H2,1-2H3,(H,16,18)(H,17,19). The van der Waals surface area contributed by atoms with Crippen molar-refractivity contribution >= 4 is 27.3 Å². The van der Waals surface area contributed by atoms with Crippen LogP contribution in [0.1, 0.15) is 24.0 Å². The van der Waals surface area contributed by atoms with E-state index >= 15 is 0 Å². The molecule has 2 rings (SSSR count). The van der Waals surface area contributed by atoms with Crippen LogP contribution in [0, 0.1) is 13.8 Å². The first-order valence-electron chi connectivity index (χ1n) is 7.11. The van der Waals surface area contributed by atoms with Gasteiger partial charge in [0, 0.05) is 11.7 Å². The maximum atomic E-state index is 11.9. The molecule has 2 N–H and O–H groups in total. The first kappa shape index (κ1) is 16.5. The van der Waals surface area contributed by atoms with Crippen molar-refractivity contribution in [3.63, 3.8) is 0 Å². The fourth-order valence-electron chi connectivity index (χ4n) is 2.59. The molecular formula is C15H20N2O4S. The minimum atomic E-state index is -3.04. The van der Waals surface area contributed by atoms with Crippen LogP contribution in [0.3, 0.4) is 0 Å². The number of amides is 2. The van der Waals surface area contributed by atoms with E-state index in [4.69, 9.17) is 0 Å². The molecule has 6 nitrogen and oxygen atoms in total. The van der Waals surface area contributed by atoms with E-state index in [-0.39, 0.29) is 24.0 Å². The predicted molar refractivity (Wildman–Crippen MR) is 84.4 cm³/mol. The van der Waals surface area contributed by atoms with Crippen molar-refractivity contribution in [2.75, 3.05) is 16.8 Å². The van der Waals surface area contributed by atoms with E-state index in [0.717, 1.165) is 11.1 Å². The molecule has 7 heteroatoms. The van der Waals surface area contributed by atoms with Gasteiger partial charge in [0.2, 0.25) is 11.8 Å². The lowest BCUT2D eigenvalue weighted by Crippen LogP contribution is -2.37. The van der Waals surface area contributed by atoms with Gasteiger partial charge in [-0.25, -0.2) is 8.42 Å². The van der Waals surface area contributed by atoms with Crippen LogP contribution in [0.2, 0.25) is 0 Å². The van der Waals surface area contributed by atoms with Gasteiger partial charge in [-0.05, 0) is 43.5 Å². The Hall–Kier alpha value is -1.89. The first-order chi connectivity index (χ1) is 10.2. The Morgan fingerprint density at radius 2 is 1.77 bits per heavy atom. The number of aryl methyl sites for hydroxylation is 2. The van der Waals surface area contributed by atoms with Gasteiger partial charge in [-0.3, -0.25) is 9.59 Å². The van der Waals surface area contributed by atoms with Crippen LogP contribution in [0.15, 0.2) is 18.2 Å². The Morgan fingerprint density at radius 3 is 2.32 bits per heavy atom. The van der Waals surface area contributed by atoms with E-state index in [1.54, 1.807) is 0 Å². The molecule has 0 aliphatic carbocycles. The van der Waals surface area contributed by atoms with E-state index in [2.05, 4.69) is 10.6 Å². The second kappa shape index (κ2) is 6.48. The molecule has 1 fully saturated rings. The number of nitrogens with one attached hydrogen (secondary N) is 2. The van der Waals surface area contributed by atoms with Crippen molar-refractivity contribution in [3.8, 4) is 0 Å². The third kappa shape index (κ3) is 4.84. The molecule has 1 aromatic carbocycles. The molecule has 0 aromatic heterocycles. The molecule has 22 heavy (non-hydrogen) atoms. The minimum Gasteiger partial charge on any atom is -0.352 e. The Labute approximate surface area is 130 Å². The first-order valence-corrected chi connectivity index (χ1v) is 8.93. The lowest BCUT2D eigenvalue weighted by Gasteiger charge is -2.11. The van der Waals surface area contributed by atoms with Crippen molar-refractivity contribution in [2.45, 2.75) is 32.7 Å². The summed E-state index contributed by atoms with van der Waals surface area (Å²) in [5, 5.41) is 5.27. The van der Waals surface area contributed by atoms with Crippen molar-refractivity contribution in [1.29, 1.82) is 0 Å². The van der Waals surface area contributed by atoms with Gasteiger partial charge in [0.05, 0.1) is 11.5 Å². The second-order valence-electron chi connectivity index (χ2n) is 5.77. The van der Waals surface area contributed by atoms with Gasteiger partial charge >= 0.3 is 0 Å². The number of carbonyl (C=O) groups is 2. The molecule has 0 radical (unpaired) electrons. The van der Waals surface area contributed by atoms with E-state index in [0.29, 0.717) is 12.1 Å². The van der Waals surface area contributed by atoms with Gasteiger partial charge in [0.25, 0.3) is 0 Å². The number of anilines is 1. The largest absolute Gasteiger partial charge is 0.352 e. The summed E-state index contributed by atoms with van der Waals surface area (Å²) < 4.78 is 22.6. The quantitative estimate of drug-likeness (QED) is 0.806. The van der Waals surface area contributed by atoms with Gasteiger partial charge in [-0.2, -0.15) is 0 Å². The molecule has 1 aliphatic rings. The summed E-state index contributed by atoms with van der Waals surface area (Å²) in [6, 6.07) is 5.26. The molecule has 0 spiro atoms. The molecule has 2 amide bonds. The molecule has 1 aromatic rings. The fourth-order valence-corrected chi connectivity index (χ4v) is 4.26. The second-order valence-corrected chi connectivity index (χ2v) is 8.00. The van der Waals surface area contributed by atoms with Crippen LogP contribution in [-0.4, -0.2) is 37.8 Å². The molecule has 1 saturated heterocycles. The average Bonchev–Trinajstić information content (AvgIpc) is 2.66. The van der Waals surface area contributed by atoms with Gasteiger partial charge in [0.1, 0.15) is 6.42 Å². The SMILES string of the molecule is Cc1cc(C)cc(NC(=O)CC(=O)NC2CCS(=O)(=O)C2)c1. The van der Waals surface area contributed by atoms with Crippen molar-refractivity contribution in [2.24, 2.45) is 0 Å². The Balaban J connectivity index is 1.85. The zero-order chi connectivity index (χ0) is 16.3. The van der Waals surface area contributed by atoms with Crippen molar-refractivity contribution in [1.82, 2.24) is 5.32 Å². The fraction of sp³-hybridized carbons (Fsp3) is 0.467. The maximum Gasteiger partial charge on any atom is 0.233 e. The van der Waals surface area contributed by atoms with E-state index in [1.807, 2.05) is 32.0 Å². The van der Waals surface area contributed by atoms with Gasteiger partial charge in [0.15, 0.2) is 9.84 Å². The Morgan fingerprint density at radius 1 is 1.14 bits per heavy atom. The van der Waals surface area contributed by atoms with E-state index in [1.165, 1.54) is 0 Å². The van der Waals surface area contributed by atoms with Crippen LogP contribution in [0.25, 0.3) is 0 Å². The van der Waals surface area contributed by atoms with Crippen LogP contribution < -0.4 is 10.6 Å². The third-order valence-corrected chi connectivity index (χ3v) is 5.19. The molecule has 1 aliphatic heterocycles. The highest BCUT2D eigenvalue weighted by Crippen LogP contribution is 2.14. The van der Waals surface area contributed by atoms with Crippen LogP contribution in [0.5, 0.6) is 0 Å². The minimum absolute atomic E-state index is 0.0442. The summed E-state index contributed by atoms with van der Waals surface area (Å²) in [6.45, 7) is 3.85. The zero-order valence-electron chi connectivity index (χ0n) is 12.7. The molecule has 1 unspecified atom stereocenters. The number of rotatable bonds is 4. The summed E-state index contributed by atoms with van der Waals surface area (Å²) in [5.74, 6) is -0.822.